The summed E-state index contributed by atoms with van der Waals surface area (Å²) in [5.74, 6) is -0.266. The number of benzene rings is 4. The van der Waals surface area contributed by atoms with E-state index in [1.165, 1.54) is 37.3 Å². The summed E-state index contributed by atoms with van der Waals surface area (Å²) in [7, 11) is -1.41. The van der Waals surface area contributed by atoms with Gasteiger partial charge in [0.25, 0.3) is 10.0 Å². The molecule has 0 radical (unpaired) electrons. The maximum Gasteiger partial charge on any atom is 0.264 e. The van der Waals surface area contributed by atoms with Crippen molar-refractivity contribution in [1.82, 2.24) is 10.2 Å². The van der Waals surface area contributed by atoms with Crippen LogP contribution in [0.15, 0.2) is 106 Å². The molecule has 11 heteroatoms. The molecule has 0 heterocycles. The number of halogens is 1. The number of amides is 2. The molecular weight excluding hydrogens is 694 g/mol. The largest absolute Gasteiger partial charge is 0.497 e. The molecule has 1 N–H and O–H groups in total. The third-order valence-corrected chi connectivity index (χ3v) is 10.2. The molecule has 0 spiro atoms. The Morgan fingerprint density at radius 2 is 1.56 bits per heavy atom. The number of unbranched alkanes of at least 4 members (excludes halogenated alkanes) is 1. The number of hydrogen-bond donors (Lipinski definition) is 1. The minimum atomic E-state index is -4.31. The Labute approximate surface area is 292 Å². The van der Waals surface area contributed by atoms with E-state index in [2.05, 4.69) is 21.2 Å². The first-order chi connectivity index (χ1) is 23.1. The number of nitrogens with one attached hydrogen (secondary N) is 1. The summed E-state index contributed by atoms with van der Waals surface area (Å²) >= 11 is 3.46. The van der Waals surface area contributed by atoms with Gasteiger partial charge in [-0.2, -0.15) is 0 Å². The lowest BCUT2D eigenvalue weighted by molar-refractivity contribution is -0.140. The Bertz CT molecular complexity index is 1770. The average Bonchev–Trinajstić information content (AvgIpc) is 3.09. The van der Waals surface area contributed by atoms with Gasteiger partial charge in [0.15, 0.2) is 0 Å². The van der Waals surface area contributed by atoms with Crippen LogP contribution in [0.4, 0.5) is 5.69 Å². The van der Waals surface area contributed by atoms with Gasteiger partial charge in [-0.3, -0.25) is 13.9 Å². The third-order valence-electron chi connectivity index (χ3n) is 7.91. The normalized spacial score (nSPS) is 11.8. The van der Waals surface area contributed by atoms with Crippen molar-refractivity contribution in [2.75, 3.05) is 31.6 Å². The Morgan fingerprint density at radius 1 is 0.875 bits per heavy atom. The van der Waals surface area contributed by atoms with Crippen LogP contribution in [0.25, 0.3) is 0 Å². The maximum atomic E-state index is 14.7. The SMILES string of the molecule is CCCCNC(=O)[C@H](Cc1ccccc1)N(Cc1ccc(Br)cc1)C(=O)CN(c1cc(OC)ccc1OC)S(=O)(=O)c1ccc(C)cc1. The summed E-state index contributed by atoms with van der Waals surface area (Å²) in [5, 5.41) is 3.01. The minimum Gasteiger partial charge on any atom is -0.497 e. The predicted octanol–water partition coefficient (Wildman–Crippen LogP) is 6.53. The molecule has 1 atom stereocenters. The van der Waals surface area contributed by atoms with E-state index in [0.717, 1.165) is 38.3 Å². The number of methoxy groups -OCH3 is 2. The van der Waals surface area contributed by atoms with E-state index in [1.54, 1.807) is 24.3 Å². The van der Waals surface area contributed by atoms with Crippen LogP contribution in [0.1, 0.15) is 36.5 Å². The van der Waals surface area contributed by atoms with Crippen LogP contribution in [0.3, 0.4) is 0 Å². The molecule has 9 nitrogen and oxygen atoms in total. The highest BCUT2D eigenvalue weighted by molar-refractivity contribution is 9.10. The van der Waals surface area contributed by atoms with E-state index in [-0.39, 0.29) is 35.2 Å². The number of carbonyl (C=O) groups is 2. The number of aryl methyl sites for hydroxylation is 1. The Morgan fingerprint density at radius 3 is 2.19 bits per heavy atom. The Kier molecular flexibility index (Phi) is 13.0. The van der Waals surface area contributed by atoms with Crippen molar-refractivity contribution in [2.45, 2.75) is 50.6 Å². The topological polar surface area (TPSA) is 105 Å². The zero-order valence-electron chi connectivity index (χ0n) is 27.7. The smallest absolute Gasteiger partial charge is 0.264 e. The molecule has 48 heavy (non-hydrogen) atoms. The molecule has 0 unspecified atom stereocenters. The fourth-order valence-corrected chi connectivity index (χ4v) is 6.87. The van der Waals surface area contributed by atoms with E-state index in [0.29, 0.717) is 12.3 Å². The quantitative estimate of drug-likeness (QED) is 0.131. The average molecular weight is 737 g/mol. The van der Waals surface area contributed by atoms with Gasteiger partial charge in [0, 0.05) is 30.0 Å². The predicted molar refractivity (Wildman–Crippen MR) is 192 cm³/mol. The van der Waals surface area contributed by atoms with Crippen LogP contribution < -0.4 is 19.1 Å². The lowest BCUT2D eigenvalue weighted by atomic mass is 10.0. The lowest BCUT2D eigenvalue weighted by Crippen LogP contribution is -2.53. The summed E-state index contributed by atoms with van der Waals surface area (Å²) in [6.45, 7) is 3.81. The number of ether oxygens (including phenoxy) is 2. The van der Waals surface area contributed by atoms with Crippen molar-refractivity contribution >= 4 is 43.5 Å². The highest BCUT2D eigenvalue weighted by atomic mass is 79.9. The van der Waals surface area contributed by atoms with E-state index >= 15 is 0 Å². The van der Waals surface area contributed by atoms with Crippen LogP contribution in [-0.2, 0) is 32.6 Å². The highest BCUT2D eigenvalue weighted by Gasteiger charge is 2.35. The third kappa shape index (κ3) is 9.38. The molecule has 254 valence electrons. The van der Waals surface area contributed by atoms with E-state index in [9.17, 15) is 18.0 Å². The van der Waals surface area contributed by atoms with Crippen LogP contribution in [-0.4, -0.2) is 58.5 Å². The van der Waals surface area contributed by atoms with Crippen molar-refractivity contribution in [3.63, 3.8) is 0 Å². The maximum absolute atomic E-state index is 14.7. The molecular formula is C37H42BrN3O6S. The van der Waals surface area contributed by atoms with E-state index in [4.69, 9.17) is 9.47 Å². The Hall–Kier alpha value is -4.35. The van der Waals surface area contributed by atoms with Gasteiger partial charge in [0.2, 0.25) is 11.8 Å². The van der Waals surface area contributed by atoms with Crippen molar-refractivity contribution in [2.24, 2.45) is 0 Å². The molecule has 4 aromatic carbocycles. The number of anilines is 1. The summed E-state index contributed by atoms with van der Waals surface area (Å²) in [4.78, 5) is 30.1. The van der Waals surface area contributed by atoms with Crippen LogP contribution in [0.5, 0.6) is 11.5 Å². The first-order valence-electron chi connectivity index (χ1n) is 15.7. The van der Waals surface area contributed by atoms with Crippen LogP contribution in [0, 0.1) is 6.92 Å². The van der Waals surface area contributed by atoms with Gasteiger partial charge in [-0.15, -0.1) is 0 Å². The monoisotopic (exact) mass is 735 g/mol. The molecule has 0 bridgehead atoms. The number of nitrogens with zero attached hydrogens (tertiary/aromatic N) is 2. The molecule has 0 aromatic heterocycles. The molecule has 0 saturated heterocycles. The summed E-state index contributed by atoms with van der Waals surface area (Å²) < 4.78 is 41.7. The fourth-order valence-electron chi connectivity index (χ4n) is 5.19. The minimum absolute atomic E-state index is 0.00313. The zero-order valence-corrected chi connectivity index (χ0v) is 30.1. The van der Waals surface area contributed by atoms with Gasteiger partial charge >= 0.3 is 0 Å². The molecule has 4 rings (SSSR count). The molecule has 0 fully saturated rings. The van der Waals surface area contributed by atoms with Gasteiger partial charge < -0.3 is 19.7 Å². The number of sulfonamides is 1. The second-order valence-corrected chi connectivity index (χ2v) is 14.1. The molecule has 2 amide bonds. The van der Waals surface area contributed by atoms with E-state index in [1.807, 2.05) is 68.4 Å². The second kappa shape index (κ2) is 17.2. The molecule has 0 saturated carbocycles. The van der Waals surface area contributed by atoms with Gasteiger partial charge in [-0.05, 0) is 60.9 Å². The molecule has 0 aliphatic carbocycles. The summed E-state index contributed by atoms with van der Waals surface area (Å²) in [5.41, 5.74) is 2.65. The number of rotatable bonds is 16. The van der Waals surface area contributed by atoms with Crippen molar-refractivity contribution in [3.05, 3.63) is 118 Å². The van der Waals surface area contributed by atoms with Gasteiger partial charge in [-0.1, -0.05) is 89.4 Å². The zero-order chi connectivity index (χ0) is 34.7. The lowest BCUT2D eigenvalue weighted by Gasteiger charge is -2.34. The molecule has 4 aromatic rings. The van der Waals surface area contributed by atoms with Crippen LogP contribution >= 0.6 is 15.9 Å². The Balaban J connectivity index is 1.85. The molecule has 0 aliphatic heterocycles. The van der Waals surface area contributed by atoms with Crippen molar-refractivity contribution < 1.29 is 27.5 Å². The van der Waals surface area contributed by atoms with E-state index < -0.39 is 28.5 Å². The standard InChI is InChI=1S/C37H42BrN3O6S/c1-5-6-22-39-37(43)34(23-28-10-8-7-9-11-28)40(25-29-14-16-30(38)17-15-29)36(42)26-41(33-24-31(46-3)18-21-35(33)47-4)48(44,45)32-19-12-27(2)13-20-32/h7-21,24,34H,5-6,22-23,25-26H2,1-4H3,(H,39,43)/t34-/m0/s1. The molecule has 0 aliphatic rings. The first-order valence-corrected chi connectivity index (χ1v) is 18.0. The summed E-state index contributed by atoms with van der Waals surface area (Å²) in [6.07, 6.45) is 1.90. The number of carbonyl (C=O) groups excluding carboxylic acids is 2. The van der Waals surface area contributed by atoms with Gasteiger partial charge in [0.1, 0.15) is 24.1 Å². The van der Waals surface area contributed by atoms with Crippen molar-refractivity contribution in [3.8, 4) is 11.5 Å². The summed E-state index contributed by atoms with van der Waals surface area (Å²) in [6, 6.07) is 27.2. The fraction of sp³-hybridized carbons (Fsp3) is 0.297. The van der Waals surface area contributed by atoms with Gasteiger partial charge in [0.05, 0.1) is 24.8 Å². The number of hydrogen-bond acceptors (Lipinski definition) is 6. The van der Waals surface area contributed by atoms with Crippen molar-refractivity contribution in [1.29, 1.82) is 0 Å². The second-order valence-electron chi connectivity index (χ2n) is 11.4. The van der Waals surface area contributed by atoms with Crippen LogP contribution in [0.2, 0.25) is 0 Å². The first kappa shape index (κ1) is 36.5. The van der Waals surface area contributed by atoms with Gasteiger partial charge in [-0.25, -0.2) is 8.42 Å². The highest BCUT2D eigenvalue weighted by Crippen LogP contribution is 2.36.